The van der Waals surface area contributed by atoms with E-state index in [9.17, 15) is 14.7 Å². The average molecular weight is 241 g/mol. The van der Waals surface area contributed by atoms with Gasteiger partial charge < -0.3 is 15.1 Å². The van der Waals surface area contributed by atoms with Gasteiger partial charge in [-0.25, -0.2) is 0 Å². The molecule has 2 N–H and O–H groups in total. The van der Waals surface area contributed by atoms with Gasteiger partial charge in [0.25, 0.3) is 0 Å². The Bertz CT molecular complexity index is 316. The largest absolute Gasteiger partial charge is 0.481 e. The fourth-order valence-electron chi connectivity index (χ4n) is 2.81. The van der Waals surface area contributed by atoms with Crippen LogP contribution in [0.5, 0.6) is 0 Å². The summed E-state index contributed by atoms with van der Waals surface area (Å²) in [6.07, 6.45) is 3.16. The van der Waals surface area contributed by atoms with E-state index >= 15 is 0 Å². The van der Waals surface area contributed by atoms with Gasteiger partial charge in [-0.05, 0) is 12.8 Å². The summed E-state index contributed by atoms with van der Waals surface area (Å²) in [5.41, 5.74) is -0.818. The van der Waals surface area contributed by atoms with Gasteiger partial charge in [-0.1, -0.05) is 12.8 Å². The van der Waals surface area contributed by atoms with E-state index in [-0.39, 0.29) is 24.9 Å². The maximum atomic E-state index is 11.9. The molecule has 0 bridgehead atoms. The highest BCUT2D eigenvalue weighted by Crippen LogP contribution is 2.42. The Hall–Kier alpha value is -1.10. The summed E-state index contributed by atoms with van der Waals surface area (Å²) in [6, 6.07) is 0. The highest BCUT2D eigenvalue weighted by molar-refractivity contribution is 5.85. The third-order valence-corrected chi connectivity index (χ3v) is 4.07. The Labute approximate surface area is 100 Å². The van der Waals surface area contributed by atoms with E-state index in [1.807, 2.05) is 0 Å². The molecule has 2 aliphatic rings. The molecule has 1 saturated heterocycles. The molecule has 1 saturated carbocycles. The molecule has 5 heteroatoms. The molecule has 0 spiro atoms. The van der Waals surface area contributed by atoms with Crippen LogP contribution in [0.2, 0.25) is 0 Å². The van der Waals surface area contributed by atoms with Crippen molar-refractivity contribution in [2.24, 2.45) is 11.3 Å². The number of amides is 1. The smallest absolute Gasteiger partial charge is 0.310 e. The summed E-state index contributed by atoms with van der Waals surface area (Å²) in [7, 11) is 0. The summed E-state index contributed by atoms with van der Waals surface area (Å²) < 4.78 is 0. The number of aliphatic hydroxyl groups excluding tert-OH is 1. The lowest BCUT2D eigenvalue weighted by Crippen LogP contribution is -2.52. The molecule has 17 heavy (non-hydrogen) atoms. The molecule has 96 valence electrons. The van der Waals surface area contributed by atoms with Crippen molar-refractivity contribution in [1.29, 1.82) is 0 Å². The molecule has 1 aliphatic carbocycles. The zero-order chi connectivity index (χ0) is 12.5. The maximum absolute atomic E-state index is 11.9. The first-order valence-corrected chi connectivity index (χ1v) is 6.19. The van der Waals surface area contributed by atoms with Crippen LogP contribution >= 0.6 is 0 Å². The molecule has 1 aliphatic heterocycles. The van der Waals surface area contributed by atoms with Crippen molar-refractivity contribution in [1.82, 2.24) is 4.90 Å². The monoisotopic (exact) mass is 241 g/mol. The molecule has 1 heterocycles. The van der Waals surface area contributed by atoms with E-state index in [0.717, 1.165) is 12.8 Å². The topological polar surface area (TPSA) is 77.8 Å². The normalized spacial score (nSPS) is 23.5. The van der Waals surface area contributed by atoms with Gasteiger partial charge in [0.15, 0.2) is 0 Å². The van der Waals surface area contributed by atoms with E-state index in [1.54, 1.807) is 4.90 Å². The highest BCUT2D eigenvalue weighted by Gasteiger charge is 2.45. The molecular formula is C12H19NO4. The standard InChI is InChI=1S/C12H19NO4/c14-8-9-6-13(7-9)10(15)5-12(11(16)17)3-1-2-4-12/h9,14H,1-8H2,(H,16,17). The van der Waals surface area contributed by atoms with Crippen LogP contribution in [0.3, 0.4) is 0 Å². The van der Waals surface area contributed by atoms with Crippen molar-refractivity contribution in [3.8, 4) is 0 Å². The van der Waals surface area contributed by atoms with Crippen molar-refractivity contribution in [3.05, 3.63) is 0 Å². The third-order valence-electron chi connectivity index (χ3n) is 4.07. The van der Waals surface area contributed by atoms with Crippen LogP contribution in [0, 0.1) is 11.3 Å². The van der Waals surface area contributed by atoms with E-state index in [0.29, 0.717) is 25.9 Å². The van der Waals surface area contributed by atoms with Crippen LogP contribution < -0.4 is 0 Å². The molecule has 0 unspecified atom stereocenters. The fourth-order valence-corrected chi connectivity index (χ4v) is 2.81. The Balaban J connectivity index is 1.91. The second-order valence-electron chi connectivity index (χ2n) is 5.32. The van der Waals surface area contributed by atoms with E-state index < -0.39 is 11.4 Å². The Morgan fingerprint density at radius 1 is 1.24 bits per heavy atom. The number of carboxylic acids is 1. The van der Waals surface area contributed by atoms with Crippen molar-refractivity contribution in [2.75, 3.05) is 19.7 Å². The molecule has 0 aromatic rings. The van der Waals surface area contributed by atoms with Crippen molar-refractivity contribution < 1.29 is 19.8 Å². The average Bonchev–Trinajstić information content (AvgIpc) is 2.66. The van der Waals surface area contributed by atoms with E-state index in [4.69, 9.17) is 5.11 Å². The zero-order valence-corrected chi connectivity index (χ0v) is 9.89. The van der Waals surface area contributed by atoms with Crippen molar-refractivity contribution >= 4 is 11.9 Å². The number of carboxylic acid groups (broad SMARTS) is 1. The van der Waals surface area contributed by atoms with E-state index in [1.165, 1.54) is 0 Å². The molecule has 2 fully saturated rings. The number of aliphatic hydroxyl groups is 1. The van der Waals surface area contributed by atoms with Gasteiger partial charge in [-0.3, -0.25) is 9.59 Å². The maximum Gasteiger partial charge on any atom is 0.310 e. The lowest BCUT2D eigenvalue weighted by molar-refractivity contribution is -0.155. The number of hydrogen-bond acceptors (Lipinski definition) is 3. The second kappa shape index (κ2) is 4.64. The van der Waals surface area contributed by atoms with Gasteiger partial charge in [0.2, 0.25) is 5.91 Å². The molecule has 2 rings (SSSR count). The molecule has 1 amide bonds. The van der Waals surface area contributed by atoms with Gasteiger partial charge >= 0.3 is 5.97 Å². The molecule has 0 radical (unpaired) electrons. The minimum absolute atomic E-state index is 0.0704. The summed E-state index contributed by atoms with van der Waals surface area (Å²) in [4.78, 5) is 24.9. The lowest BCUT2D eigenvalue weighted by Gasteiger charge is -2.39. The summed E-state index contributed by atoms with van der Waals surface area (Å²) >= 11 is 0. The Morgan fingerprint density at radius 2 is 1.82 bits per heavy atom. The van der Waals surface area contributed by atoms with Crippen molar-refractivity contribution in [2.45, 2.75) is 32.1 Å². The van der Waals surface area contributed by atoms with Crippen LogP contribution in [0.25, 0.3) is 0 Å². The second-order valence-corrected chi connectivity index (χ2v) is 5.32. The first-order valence-electron chi connectivity index (χ1n) is 6.19. The summed E-state index contributed by atoms with van der Waals surface area (Å²) in [5, 5.41) is 18.1. The first-order chi connectivity index (χ1) is 8.07. The molecule has 0 aromatic carbocycles. The van der Waals surface area contributed by atoms with Crippen LogP contribution in [-0.4, -0.2) is 46.7 Å². The number of likely N-dealkylation sites (tertiary alicyclic amines) is 1. The number of hydrogen-bond donors (Lipinski definition) is 2. The quantitative estimate of drug-likeness (QED) is 0.750. The summed E-state index contributed by atoms with van der Waals surface area (Å²) in [5.74, 6) is -0.718. The Kier molecular flexibility index (Phi) is 3.38. The first kappa shape index (κ1) is 12.4. The van der Waals surface area contributed by atoms with Gasteiger partial charge in [0, 0.05) is 32.0 Å². The van der Waals surface area contributed by atoms with Gasteiger partial charge in [0.1, 0.15) is 0 Å². The minimum Gasteiger partial charge on any atom is -0.481 e. The van der Waals surface area contributed by atoms with Crippen LogP contribution in [-0.2, 0) is 9.59 Å². The van der Waals surface area contributed by atoms with Crippen LogP contribution in [0.1, 0.15) is 32.1 Å². The van der Waals surface area contributed by atoms with Crippen LogP contribution in [0.4, 0.5) is 0 Å². The van der Waals surface area contributed by atoms with E-state index in [2.05, 4.69) is 0 Å². The SMILES string of the molecule is O=C(CC1(C(=O)O)CCCC1)N1CC(CO)C1. The molecular weight excluding hydrogens is 222 g/mol. The zero-order valence-electron chi connectivity index (χ0n) is 9.89. The summed E-state index contributed by atoms with van der Waals surface area (Å²) in [6.45, 7) is 1.25. The Morgan fingerprint density at radius 3 is 2.29 bits per heavy atom. The third kappa shape index (κ3) is 2.29. The number of carbonyl (C=O) groups is 2. The van der Waals surface area contributed by atoms with Gasteiger partial charge in [-0.2, -0.15) is 0 Å². The number of carbonyl (C=O) groups excluding carboxylic acids is 1. The minimum atomic E-state index is -0.831. The number of nitrogens with zero attached hydrogens (tertiary/aromatic N) is 1. The highest BCUT2D eigenvalue weighted by atomic mass is 16.4. The predicted molar refractivity (Wildman–Crippen MR) is 60.3 cm³/mol. The van der Waals surface area contributed by atoms with Gasteiger partial charge in [-0.15, -0.1) is 0 Å². The number of aliphatic carboxylic acids is 1. The fraction of sp³-hybridized carbons (Fsp3) is 0.833. The molecule has 0 aromatic heterocycles. The van der Waals surface area contributed by atoms with Crippen molar-refractivity contribution in [3.63, 3.8) is 0 Å². The van der Waals surface area contributed by atoms with Gasteiger partial charge in [0.05, 0.1) is 5.41 Å². The molecule has 0 atom stereocenters. The number of rotatable bonds is 4. The molecule has 5 nitrogen and oxygen atoms in total. The van der Waals surface area contributed by atoms with Crippen LogP contribution in [0.15, 0.2) is 0 Å². The predicted octanol–water partition coefficient (Wildman–Crippen LogP) is 0.472. The lowest BCUT2D eigenvalue weighted by atomic mass is 9.81.